The Balaban J connectivity index is 2.22. The van der Waals surface area contributed by atoms with Gasteiger partial charge < -0.3 is 10.0 Å². The van der Waals surface area contributed by atoms with Gasteiger partial charge in [0.25, 0.3) is 0 Å². The van der Waals surface area contributed by atoms with Gasteiger partial charge in [-0.1, -0.05) is 18.2 Å². The van der Waals surface area contributed by atoms with Crippen LogP contribution < -0.4 is 4.90 Å². The molecule has 0 spiro atoms. The highest BCUT2D eigenvalue weighted by molar-refractivity contribution is 7.90. The summed E-state index contributed by atoms with van der Waals surface area (Å²) in [6.07, 6.45) is 0.928. The number of hydrogen-bond acceptors (Lipinski definition) is 4. The standard InChI is InChI=1S/C13H15NO5S/c1-20(18,19)7-6-12(15)14-8-10(13(16)17)9-4-2-3-5-11(9)14/h2-5,10H,6-8H2,1H3,(H,16,17). The lowest BCUT2D eigenvalue weighted by atomic mass is 10.0. The van der Waals surface area contributed by atoms with Gasteiger partial charge in [-0.05, 0) is 11.6 Å². The molecule has 0 radical (unpaired) electrons. The number of hydrogen-bond donors (Lipinski definition) is 1. The van der Waals surface area contributed by atoms with Crippen LogP contribution in [-0.2, 0) is 19.4 Å². The number of aliphatic carboxylic acids is 1. The van der Waals surface area contributed by atoms with Crippen molar-refractivity contribution in [2.24, 2.45) is 0 Å². The maximum absolute atomic E-state index is 12.1. The zero-order chi connectivity index (χ0) is 14.9. The number of carbonyl (C=O) groups is 2. The van der Waals surface area contributed by atoms with E-state index in [0.29, 0.717) is 11.3 Å². The summed E-state index contributed by atoms with van der Waals surface area (Å²) in [6.45, 7) is 0.0529. The lowest BCUT2D eigenvalue weighted by Crippen LogP contribution is -2.32. The first-order valence-corrected chi connectivity index (χ1v) is 8.15. The molecule has 6 nitrogen and oxygen atoms in total. The third kappa shape index (κ3) is 2.98. The zero-order valence-electron chi connectivity index (χ0n) is 10.9. The van der Waals surface area contributed by atoms with Gasteiger partial charge in [-0.3, -0.25) is 9.59 Å². The Labute approximate surface area is 116 Å². The van der Waals surface area contributed by atoms with E-state index in [2.05, 4.69) is 0 Å². The number of para-hydroxylation sites is 1. The highest BCUT2D eigenvalue weighted by atomic mass is 32.2. The minimum atomic E-state index is -3.22. The zero-order valence-corrected chi connectivity index (χ0v) is 11.8. The van der Waals surface area contributed by atoms with E-state index in [1.807, 2.05) is 0 Å². The molecular formula is C13H15NO5S. The fraction of sp³-hybridized carbons (Fsp3) is 0.385. The highest BCUT2D eigenvalue weighted by Gasteiger charge is 2.36. The van der Waals surface area contributed by atoms with Crippen LogP contribution >= 0.6 is 0 Å². The summed E-state index contributed by atoms with van der Waals surface area (Å²) in [5.41, 5.74) is 1.14. The van der Waals surface area contributed by atoms with Gasteiger partial charge in [-0.15, -0.1) is 0 Å². The van der Waals surface area contributed by atoms with Crippen LogP contribution in [0.5, 0.6) is 0 Å². The monoisotopic (exact) mass is 297 g/mol. The number of fused-ring (bicyclic) bond motifs is 1. The quantitative estimate of drug-likeness (QED) is 0.880. The summed E-state index contributed by atoms with van der Waals surface area (Å²) in [5, 5.41) is 9.18. The number of sulfone groups is 1. The Bertz CT molecular complexity index is 652. The first-order valence-electron chi connectivity index (χ1n) is 6.09. The van der Waals surface area contributed by atoms with Crippen molar-refractivity contribution in [3.63, 3.8) is 0 Å². The van der Waals surface area contributed by atoms with Crippen LogP contribution in [0.4, 0.5) is 5.69 Å². The summed E-state index contributed by atoms with van der Waals surface area (Å²) >= 11 is 0. The largest absolute Gasteiger partial charge is 0.481 e. The van der Waals surface area contributed by atoms with Crippen LogP contribution in [-0.4, -0.2) is 44.0 Å². The van der Waals surface area contributed by atoms with Gasteiger partial charge in [0, 0.05) is 24.9 Å². The normalized spacial score (nSPS) is 17.9. The Morgan fingerprint density at radius 2 is 2.00 bits per heavy atom. The molecule has 20 heavy (non-hydrogen) atoms. The van der Waals surface area contributed by atoms with Crippen LogP contribution in [0.2, 0.25) is 0 Å². The van der Waals surface area contributed by atoms with Gasteiger partial charge in [-0.2, -0.15) is 0 Å². The van der Waals surface area contributed by atoms with E-state index >= 15 is 0 Å². The Kier molecular flexibility index (Phi) is 3.80. The number of carboxylic acid groups (broad SMARTS) is 1. The average molecular weight is 297 g/mol. The minimum absolute atomic E-state index is 0.0529. The number of carboxylic acids is 1. The predicted molar refractivity (Wildman–Crippen MR) is 73.5 cm³/mol. The van der Waals surface area contributed by atoms with Crippen molar-refractivity contribution < 1.29 is 23.1 Å². The molecule has 0 fully saturated rings. The molecule has 0 saturated carbocycles. The summed E-state index contributed by atoms with van der Waals surface area (Å²) in [6, 6.07) is 6.80. The fourth-order valence-corrected chi connectivity index (χ4v) is 2.81. The van der Waals surface area contributed by atoms with E-state index in [1.165, 1.54) is 4.90 Å². The molecule has 0 aromatic heterocycles. The van der Waals surface area contributed by atoms with Gasteiger partial charge in [0.2, 0.25) is 5.91 Å². The maximum Gasteiger partial charge on any atom is 0.312 e. The van der Waals surface area contributed by atoms with E-state index in [9.17, 15) is 23.1 Å². The van der Waals surface area contributed by atoms with Crippen LogP contribution in [0.25, 0.3) is 0 Å². The van der Waals surface area contributed by atoms with E-state index in [-0.39, 0.29) is 24.6 Å². The molecule has 2 rings (SSSR count). The number of anilines is 1. The first-order chi connectivity index (χ1) is 9.29. The number of amides is 1. The second-order valence-corrected chi connectivity index (χ2v) is 7.09. The molecule has 0 aliphatic carbocycles. The SMILES string of the molecule is CS(=O)(=O)CCC(=O)N1CC(C(=O)O)c2ccccc21. The third-order valence-corrected chi connectivity index (χ3v) is 4.20. The molecule has 7 heteroatoms. The number of nitrogens with zero attached hydrogens (tertiary/aromatic N) is 1. The van der Waals surface area contributed by atoms with Crippen molar-refractivity contribution in [2.45, 2.75) is 12.3 Å². The molecule has 1 unspecified atom stereocenters. The number of rotatable bonds is 4. The summed E-state index contributed by atoms with van der Waals surface area (Å²) < 4.78 is 22.2. The Morgan fingerprint density at radius 3 is 2.60 bits per heavy atom. The fourth-order valence-electron chi connectivity index (χ4n) is 2.26. The summed E-state index contributed by atoms with van der Waals surface area (Å²) in [5.74, 6) is -2.35. The van der Waals surface area contributed by atoms with E-state index in [4.69, 9.17) is 0 Å². The van der Waals surface area contributed by atoms with E-state index in [1.54, 1.807) is 24.3 Å². The molecular weight excluding hydrogens is 282 g/mol. The van der Waals surface area contributed by atoms with Crippen molar-refractivity contribution >= 4 is 27.4 Å². The molecule has 1 aromatic carbocycles. The number of benzene rings is 1. The van der Waals surface area contributed by atoms with E-state index in [0.717, 1.165) is 6.26 Å². The topological polar surface area (TPSA) is 91.8 Å². The van der Waals surface area contributed by atoms with Crippen molar-refractivity contribution in [1.29, 1.82) is 0 Å². The Hall–Kier alpha value is -1.89. The average Bonchev–Trinajstić information content (AvgIpc) is 2.75. The van der Waals surface area contributed by atoms with Gasteiger partial charge in [0.05, 0.1) is 5.75 Å². The van der Waals surface area contributed by atoms with Gasteiger partial charge in [0.1, 0.15) is 15.8 Å². The van der Waals surface area contributed by atoms with Crippen molar-refractivity contribution in [1.82, 2.24) is 0 Å². The van der Waals surface area contributed by atoms with Gasteiger partial charge in [-0.25, -0.2) is 8.42 Å². The van der Waals surface area contributed by atoms with Crippen molar-refractivity contribution in [3.8, 4) is 0 Å². The molecule has 108 valence electrons. The third-order valence-electron chi connectivity index (χ3n) is 3.25. The smallest absolute Gasteiger partial charge is 0.312 e. The Morgan fingerprint density at radius 1 is 1.35 bits per heavy atom. The van der Waals surface area contributed by atoms with Crippen molar-refractivity contribution in [2.75, 3.05) is 23.5 Å². The van der Waals surface area contributed by atoms with Crippen LogP contribution in [0, 0.1) is 0 Å². The molecule has 1 atom stereocenters. The molecule has 1 aliphatic rings. The highest BCUT2D eigenvalue weighted by Crippen LogP contribution is 2.36. The minimum Gasteiger partial charge on any atom is -0.481 e. The van der Waals surface area contributed by atoms with Gasteiger partial charge in [0.15, 0.2) is 0 Å². The second-order valence-electron chi connectivity index (χ2n) is 4.83. The maximum atomic E-state index is 12.1. The second kappa shape index (κ2) is 5.24. The molecule has 1 heterocycles. The summed E-state index contributed by atoms with van der Waals surface area (Å²) in [4.78, 5) is 24.7. The molecule has 1 aliphatic heterocycles. The predicted octanol–water partition coefficient (Wildman–Crippen LogP) is 0.636. The van der Waals surface area contributed by atoms with Crippen LogP contribution in [0.3, 0.4) is 0 Å². The van der Waals surface area contributed by atoms with E-state index < -0.39 is 21.7 Å². The van der Waals surface area contributed by atoms with Crippen molar-refractivity contribution in [3.05, 3.63) is 29.8 Å². The lowest BCUT2D eigenvalue weighted by Gasteiger charge is -2.17. The molecule has 1 aromatic rings. The van der Waals surface area contributed by atoms with Crippen LogP contribution in [0.15, 0.2) is 24.3 Å². The first kappa shape index (κ1) is 14.5. The lowest BCUT2D eigenvalue weighted by molar-refractivity contribution is -0.138. The molecule has 1 N–H and O–H groups in total. The number of carbonyl (C=O) groups excluding carboxylic acids is 1. The summed E-state index contributed by atoms with van der Waals surface area (Å²) in [7, 11) is -3.22. The molecule has 1 amide bonds. The van der Waals surface area contributed by atoms with Crippen LogP contribution in [0.1, 0.15) is 17.9 Å². The van der Waals surface area contributed by atoms with Gasteiger partial charge >= 0.3 is 5.97 Å². The molecule has 0 bridgehead atoms. The molecule has 0 saturated heterocycles.